The first-order chi connectivity index (χ1) is 12.4. The monoisotopic (exact) mass is 386 g/mol. The highest BCUT2D eigenvalue weighted by Gasteiger charge is 2.34. The molecule has 2 amide bonds. The maximum absolute atomic E-state index is 12.9. The Morgan fingerprint density at radius 1 is 1.15 bits per heavy atom. The Bertz CT molecular complexity index is 938. The van der Waals surface area contributed by atoms with Gasteiger partial charge < -0.3 is 4.74 Å². The highest BCUT2D eigenvalue weighted by Crippen LogP contribution is 2.27. The molecule has 1 fully saturated rings. The van der Waals surface area contributed by atoms with Crippen molar-refractivity contribution in [2.75, 3.05) is 12.0 Å². The standard InChI is InChI=1S/C19H15ClN2O3S/c1-11-3-6-13(10-16(11)20)22-18(24)15(17(23)21-19(22)26)9-12-4-7-14(25-2)8-5-12/h3-10H,1-2H3,(H,21,23,26)/b15-9-. The number of hydrogen-bond donors (Lipinski definition) is 1. The number of hydrogen-bond acceptors (Lipinski definition) is 4. The Morgan fingerprint density at radius 2 is 1.85 bits per heavy atom. The zero-order chi connectivity index (χ0) is 18.8. The summed E-state index contributed by atoms with van der Waals surface area (Å²) >= 11 is 11.3. The molecule has 0 aliphatic carbocycles. The lowest BCUT2D eigenvalue weighted by Crippen LogP contribution is -2.54. The Balaban J connectivity index is 1.99. The molecule has 3 rings (SSSR count). The molecule has 0 atom stereocenters. The van der Waals surface area contributed by atoms with Crippen molar-refractivity contribution in [3.8, 4) is 5.75 Å². The predicted octanol–water partition coefficient (Wildman–Crippen LogP) is 3.49. The van der Waals surface area contributed by atoms with Crippen molar-refractivity contribution in [3.63, 3.8) is 0 Å². The number of amides is 2. The van der Waals surface area contributed by atoms with E-state index in [0.717, 1.165) is 5.56 Å². The average Bonchev–Trinajstić information content (AvgIpc) is 2.62. The molecule has 0 radical (unpaired) electrons. The fourth-order valence-electron chi connectivity index (χ4n) is 2.48. The lowest BCUT2D eigenvalue weighted by Gasteiger charge is -2.29. The number of carbonyl (C=O) groups excluding carboxylic acids is 2. The molecule has 7 heteroatoms. The van der Waals surface area contributed by atoms with Gasteiger partial charge in [-0.05, 0) is 60.6 Å². The molecule has 1 aliphatic heterocycles. The van der Waals surface area contributed by atoms with Gasteiger partial charge in [0.15, 0.2) is 5.11 Å². The number of nitrogens with zero attached hydrogens (tertiary/aromatic N) is 1. The quantitative estimate of drug-likeness (QED) is 0.498. The number of halogens is 1. The molecule has 132 valence electrons. The van der Waals surface area contributed by atoms with E-state index < -0.39 is 11.8 Å². The summed E-state index contributed by atoms with van der Waals surface area (Å²) in [6.45, 7) is 1.86. The number of anilines is 1. The SMILES string of the molecule is COc1ccc(/C=C2/C(=O)NC(=S)N(c3ccc(C)c(Cl)c3)C2=O)cc1. The summed E-state index contributed by atoms with van der Waals surface area (Å²) < 4.78 is 5.11. The number of ether oxygens (including phenoxy) is 1. The van der Waals surface area contributed by atoms with Crippen LogP contribution in [0.4, 0.5) is 5.69 Å². The van der Waals surface area contributed by atoms with Gasteiger partial charge in [-0.15, -0.1) is 0 Å². The average molecular weight is 387 g/mol. The van der Waals surface area contributed by atoms with Crippen LogP contribution in [-0.2, 0) is 9.59 Å². The number of rotatable bonds is 3. The number of aryl methyl sites for hydroxylation is 1. The Labute approximate surface area is 161 Å². The van der Waals surface area contributed by atoms with Crippen LogP contribution in [0.25, 0.3) is 6.08 Å². The lowest BCUT2D eigenvalue weighted by molar-refractivity contribution is -0.122. The third-order valence-electron chi connectivity index (χ3n) is 3.94. The first kappa shape index (κ1) is 18.1. The van der Waals surface area contributed by atoms with Gasteiger partial charge in [0.25, 0.3) is 11.8 Å². The summed E-state index contributed by atoms with van der Waals surface area (Å²) in [5.74, 6) is -0.358. The fraction of sp³-hybridized carbons (Fsp3) is 0.105. The number of carbonyl (C=O) groups is 2. The molecule has 2 aromatic carbocycles. The van der Waals surface area contributed by atoms with E-state index in [1.807, 2.05) is 6.92 Å². The maximum atomic E-state index is 12.9. The van der Waals surface area contributed by atoms with Crippen LogP contribution in [0.3, 0.4) is 0 Å². The second kappa shape index (κ2) is 7.27. The van der Waals surface area contributed by atoms with E-state index in [1.54, 1.807) is 49.6 Å². The molecule has 2 aromatic rings. The molecule has 1 heterocycles. The Kier molecular flexibility index (Phi) is 5.06. The molecule has 0 saturated carbocycles. The van der Waals surface area contributed by atoms with E-state index >= 15 is 0 Å². The molecule has 5 nitrogen and oxygen atoms in total. The van der Waals surface area contributed by atoms with Gasteiger partial charge >= 0.3 is 0 Å². The molecule has 1 saturated heterocycles. The van der Waals surface area contributed by atoms with E-state index in [-0.39, 0.29) is 10.7 Å². The molecular formula is C19H15ClN2O3S. The van der Waals surface area contributed by atoms with Crippen molar-refractivity contribution in [3.05, 3.63) is 64.2 Å². The molecule has 0 spiro atoms. The topological polar surface area (TPSA) is 58.6 Å². The van der Waals surface area contributed by atoms with Crippen LogP contribution in [0.15, 0.2) is 48.0 Å². The van der Waals surface area contributed by atoms with Gasteiger partial charge in [0.1, 0.15) is 11.3 Å². The van der Waals surface area contributed by atoms with Gasteiger partial charge in [-0.25, -0.2) is 0 Å². The van der Waals surface area contributed by atoms with Gasteiger partial charge in [-0.3, -0.25) is 19.8 Å². The van der Waals surface area contributed by atoms with Gasteiger partial charge in [-0.1, -0.05) is 29.8 Å². The molecule has 0 unspecified atom stereocenters. The number of benzene rings is 2. The van der Waals surface area contributed by atoms with Crippen molar-refractivity contribution in [2.24, 2.45) is 0 Å². The number of nitrogens with one attached hydrogen (secondary N) is 1. The fourth-order valence-corrected chi connectivity index (χ4v) is 2.94. The van der Waals surface area contributed by atoms with Crippen LogP contribution < -0.4 is 15.0 Å². The van der Waals surface area contributed by atoms with E-state index in [0.29, 0.717) is 22.0 Å². The highest BCUT2D eigenvalue weighted by atomic mass is 35.5. The van der Waals surface area contributed by atoms with Crippen molar-refractivity contribution in [1.29, 1.82) is 0 Å². The van der Waals surface area contributed by atoms with E-state index in [1.165, 1.54) is 11.0 Å². The molecular weight excluding hydrogens is 372 g/mol. The number of thiocarbonyl (C=S) groups is 1. The Hall–Kier alpha value is -2.70. The van der Waals surface area contributed by atoms with Crippen LogP contribution in [-0.4, -0.2) is 24.0 Å². The first-order valence-electron chi connectivity index (χ1n) is 7.72. The largest absolute Gasteiger partial charge is 0.497 e. The van der Waals surface area contributed by atoms with Crippen molar-refractivity contribution >= 4 is 52.5 Å². The molecule has 1 aliphatic rings. The van der Waals surface area contributed by atoms with Crippen LogP contribution in [0, 0.1) is 6.92 Å². The van der Waals surface area contributed by atoms with E-state index in [4.69, 9.17) is 28.6 Å². The van der Waals surface area contributed by atoms with Gasteiger partial charge in [-0.2, -0.15) is 0 Å². The zero-order valence-electron chi connectivity index (χ0n) is 14.1. The third kappa shape index (κ3) is 3.47. The minimum atomic E-state index is -0.537. The summed E-state index contributed by atoms with van der Waals surface area (Å²) in [4.78, 5) is 26.4. The lowest BCUT2D eigenvalue weighted by atomic mass is 10.1. The van der Waals surface area contributed by atoms with Crippen molar-refractivity contribution < 1.29 is 14.3 Å². The van der Waals surface area contributed by atoms with Crippen LogP contribution in [0.1, 0.15) is 11.1 Å². The van der Waals surface area contributed by atoms with Crippen molar-refractivity contribution in [1.82, 2.24) is 5.32 Å². The zero-order valence-corrected chi connectivity index (χ0v) is 15.6. The summed E-state index contributed by atoms with van der Waals surface area (Å²) in [5.41, 5.74) is 2.06. The van der Waals surface area contributed by atoms with Gasteiger partial charge in [0.2, 0.25) is 0 Å². The minimum Gasteiger partial charge on any atom is -0.497 e. The van der Waals surface area contributed by atoms with Crippen LogP contribution in [0.5, 0.6) is 5.75 Å². The smallest absolute Gasteiger partial charge is 0.270 e. The predicted molar refractivity (Wildman–Crippen MR) is 105 cm³/mol. The van der Waals surface area contributed by atoms with Crippen LogP contribution in [0.2, 0.25) is 5.02 Å². The van der Waals surface area contributed by atoms with Gasteiger partial charge in [0, 0.05) is 5.02 Å². The minimum absolute atomic E-state index is 0.0135. The summed E-state index contributed by atoms with van der Waals surface area (Å²) in [5, 5.41) is 3.08. The first-order valence-corrected chi connectivity index (χ1v) is 8.51. The molecule has 26 heavy (non-hydrogen) atoms. The van der Waals surface area contributed by atoms with Crippen LogP contribution >= 0.6 is 23.8 Å². The molecule has 0 bridgehead atoms. The summed E-state index contributed by atoms with van der Waals surface area (Å²) in [7, 11) is 1.57. The Morgan fingerprint density at radius 3 is 2.46 bits per heavy atom. The van der Waals surface area contributed by atoms with E-state index in [9.17, 15) is 9.59 Å². The highest BCUT2D eigenvalue weighted by molar-refractivity contribution is 7.80. The summed E-state index contributed by atoms with van der Waals surface area (Å²) in [6, 6.07) is 12.2. The summed E-state index contributed by atoms with van der Waals surface area (Å²) in [6.07, 6.45) is 1.52. The second-order valence-electron chi connectivity index (χ2n) is 5.66. The van der Waals surface area contributed by atoms with E-state index in [2.05, 4.69) is 5.32 Å². The third-order valence-corrected chi connectivity index (χ3v) is 4.63. The maximum Gasteiger partial charge on any atom is 0.270 e. The van der Waals surface area contributed by atoms with Crippen molar-refractivity contribution in [2.45, 2.75) is 6.92 Å². The molecule has 1 N–H and O–H groups in total. The second-order valence-corrected chi connectivity index (χ2v) is 6.46. The number of methoxy groups -OCH3 is 1. The normalized spacial score (nSPS) is 16.0. The molecule has 0 aromatic heterocycles. The van der Waals surface area contributed by atoms with Gasteiger partial charge in [0.05, 0.1) is 12.8 Å².